The maximum atomic E-state index is 11.6. The number of ketones is 2. The lowest BCUT2D eigenvalue weighted by Crippen LogP contribution is -2.16. The molecule has 1 atom stereocenters. The van der Waals surface area contributed by atoms with E-state index in [0.29, 0.717) is 25.2 Å². The van der Waals surface area contributed by atoms with Gasteiger partial charge in [-0.3, -0.25) is 9.59 Å². The third kappa shape index (κ3) is 7.29. The van der Waals surface area contributed by atoms with Crippen molar-refractivity contribution >= 4 is 11.6 Å². The van der Waals surface area contributed by atoms with Crippen molar-refractivity contribution < 1.29 is 9.59 Å². The average molecular weight is 212 g/mol. The Bertz CT molecular complexity index is 207. The van der Waals surface area contributed by atoms with E-state index in [2.05, 4.69) is 6.92 Å². The van der Waals surface area contributed by atoms with Gasteiger partial charge in [0.05, 0.1) is 0 Å². The van der Waals surface area contributed by atoms with Crippen LogP contribution in [0.25, 0.3) is 0 Å². The third-order valence-corrected chi connectivity index (χ3v) is 2.50. The van der Waals surface area contributed by atoms with E-state index in [-0.39, 0.29) is 17.5 Å². The minimum Gasteiger partial charge on any atom is -0.300 e. The topological polar surface area (TPSA) is 34.1 Å². The van der Waals surface area contributed by atoms with Crippen LogP contribution in [-0.4, -0.2) is 11.6 Å². The van der Waals surface area contributed by atoms with Crippen LogP contribution in [0.4, 0.5) is 0 Å². The van der Waals surface area contributed by atoms with Gasteiger partial charge in [-0.25, -0.2) is 0 Å². The Balaban J connectivity index is 3.85. The molecule has 15 heavy (non-hydrogen) atoms. The van der Waals surface area contributed by atoms with Crippen LogP contribution in [0.2, 0.25) is 0 Å². The molecule has 0 spiro atoms. The first-order valence-corrected chi connectivity index (χ1v) is 6.01. The monoisotopic (exact) mass is 212 g/mol. The lowest BCUT2D eigenvalue weighted by molar-refractivity contribution is -0.127. The van der Waals surface area contributed by atoms with Gasteiger partial charge in [0.25, 0.3) is 0 Å². The molecule has 0 radical (unpaired) electrons. The Kier molecular flexibility index (Phi) is 7.27. The maximum Gasteiger partial charge on any atom is 0.136 e. The molecule has 88 valence electrons. The van der Waals surface area contributed by atoms with Gasteiger partial charge < -0.3 is 0 Å². The Morgan fingerprint density at radius 2 is 1.67 bits per heavy atom. The number of hydrogen-bond donors (Lipinski definition) is 0. The molecular formula is C13H24O2. The molecule has 0 saturated heterocycles. The predicted molar refractivity (Wildman–Crippen MR) is 62.8 cm³/mol. The highest BCUT2D eigenvalue weighted by Crippen LogP contribution is 2.13. The molecule has 0 fully saturated rings. The average Bonchev–Trinajstić information content (AvgIpc) is 2.12. The second-order valence-electron chi connectivity index (χ2n) is 4.81. The highest BCUT2D eigenvalue weighted by molar-refractivity contribution is 5.87. The zero-order valence-electron chi connectivity index (χ0n) is 10.5. The first-order valence-electron chi connectivity index (χ1n) is 6.01. The summed E-state index contributed by atoms with van der Waals surface area (Å²) in [5.74, 6) is 0.787. The van der Waals surface area contributed by atoms with E-state index < -0.39 is 0 Å². The molecule has 0 aromatic carbocycles. The third-order valence-electron chi connectivity index (χ3n) is 2.50. The van der Waals surface area contributed by atoms with E-state index in [9.17, 15) is 9.59 Å². The quantitative estimate of drug-likeness (QED) is 0.618. The van der Waals surface area contributed by atoms with Gasteiger partial charge in [-0.15, -0.1) is 0 Å². The molecule has 0 rings (SSSR count). The number of carbonyl (C=O) groups excluding carboxylic acids is 2. The van der Waals surface area contributed by atoms with Gasteiger partial charge >= 0.3 is 0 Å². The summed E-state index contributed by atoms with van der Waals surface area (Å²) in [7, 11) is 0. The van der Waals surface area contributed by atoms with Crippen molar-refractivity contribution in [1.82, 2.24) is 0 Å². The Labute approximate surface area is 93.4 Å². The van der Waals surface area contributed by atoms with E-state index in [4.69, 9.17) is 0 Å². The molecule has 2 heteroatoms. The molecule has 0 aliphatic heterocycles. The van der Waals surface area contributed by atoms with Crippen molar-refractivity contribution in [3.05, 3.63) is 0 Å². The smallest absolute Gasteiger partial charge is 0.136 e. The van der Waals surface area contributed by atoms with Crippen molar-refractivity contribution in [3.63, 3.8) is 0 Å². The number of rotatable bonds is 8. The molecule has 0 bridgehead atoms. The molecule has 0 aliphatic rings. The van der Waals surface area contributed by atoms with Crippen LogP contribution < -0.4 is 0 Å². The zero-order valence-corrected chi connectivity index (χ0v) is 10.5. The van der Waals surface area contributed by atoms with Crippen LogP contribution in [0.3, 0.4) is 0 Å². The summed E-state index contributed by atoms with van der Waals surface area (Å²) in [6.07, 6.45) is 3.65. The van der Waals surface area contributed by atoms with Crippen molar-refractivity contribution in [2.45, 2.75) is 59.8 Å². The summed E-state index contributed by atoms with van der Waals surface area (Å²) in [4.78, 5) is 23.1. The molecular weight excluding hydrogens is 188 g/mol. The zero-order chi connectivity index (χ0) is 11.8. The summed E-state index contributed by atoms with van der Waals surface area (Å²) >= 11 is 0. The Morgan fingerprint density at radius 1 is 1.07 bits per heavy atom. The van der Waals surface area contributed by atoms with Gasteiger partial charge in [-0.2, -0.15) is 0 Å². The molecule has 2 nitrogen and oxygen atoms in total. The minimum atomic E-state index is -0.0807. The van der Waals surface area contributed by atoms with Gasteiger partial charge in [0.2, 0.25) is 0 Å². The second-order valence-corrected chi connectivity index (χ2v) is 4.81. The normalized spacial score (nSPS) is 12.9. The van der Waals surface area contributed by atoms with E-state index >= 15 is 0 Å². The molecule has 0 heterocycles. The summed E-state index contributed by atoms with van der Waals surface area (Å²) in [6, 6.07) is 0. The fourth-order valence-electron chi connectivity index (χ4n) is 1.59. The predicted octanol–water partition coefficient (Wildman–Crippen LogP) is 3.39. The highest BCUT2D eigenvalue weighted by atomic mass is 16.1. The van der Waals surface area contributed by atoms with Crippen LogP contribution >= 0.6 is 0 Å². The van der Waals surface area contributed by atoms with Gasteiger partial charge in [-0.1, -0.05) is 34.1 Å². The number of hydrogen-bond acceptors (Lipinski definition) is 2. The maximum absolute atomic E-state index is 11.6. The summed E-state index contributed by atoms with van der Waals surface area (Å²) in [6.45, 7) is 8.00. The van der Waals surface area contributed by atoms with Gasteiger partial charge in [0, 0.05) is 25.2 Å². The van der Waals surface area contributed by atoms with Crippen LogP contribution in [0.5, 0.6) is 0 Å². The highest BCUT2D eigenvalue weighted by Gasteiger charge is 2.16. The molecule has 0 aromatic rings. The van der Waals surface area contributed by atoms with Gasteiger partial charge in [0.15, 0.2) is 0 Å². The van der Waals surface area contributed by atoms with Crippen molar-refractivity contribution in [3.8, 4) is 0 Å². The fraction of sp³-hybridized carbons (Fsp3) is 0.846. The minimum absolute atomic E-state index is 0.0807. The van der Waals surface area contributed by atoms with Crippen LogP contribution in [0.15, 0.2) is 0 Å². The number of Topliss-reactive ketones (excluding diaryl/α,β-unsaturated/α-hetero) is 2. The van der Waals surface area contributed by atoms with Crippen LogP contribution in [0.1, 0.15) is 59.8 Å². The van der Waals surface area contributed by atoms with Crippen molar-refractivity contribution in [1.29, 1.82) is 0 Å². The van der Waals surface area contributed by atoms with Crippen molar-refractivity contribution in [2.24, 2.45) is 11.8 Å². The largest absolute Gasteiger partial charge is 0.300 e. The van der Waals surface area contributed by atoms with Gasteiger partial charge in [0.1, 0.15) is 11.6 Å². The Hall–Kier alpha value is -0.660. The number of unbranched alkanes of at least 4 members (excludes halogenated alkanes) is 1. The molecule has 1 unspecified atom stereocenters. The van der Waals surface area contributed by atoms with E-state index in [0.717, 1.165) is 12.8 Å². The first kappa shape index (κ1) is 14.3. The lowest BCUT2D eigenvalue weighted by atomic mass is 9.93. The summed E-state index contributed by atoms with van der Waals surface area (Å²) in [5, 5.41) is 0. The van der Waals surface area contributed by atoms with E-state index in [1.165, 1.54) is 0 Å². The molecule has 0 amide bonds. The SMILES string of the molecule is CCCCC(=O)C(C)CC(=O)CC(C)C. The molecule has 0 saturated carbocycles. The molecule has 0 aliphatic carbocycles. The number of carbonyl (C=O) groups is 2. The van der Waals surface area contributed by atoms with Crippen molar-refractivity contribution in [2.75, 3.05) is 0 Å². The first-order chi connectivity index (χ1) is 6.97. The fourth-order valence-corrected chi connectivity index (χ4v) is 1.59. The van der Waals surface area contributed by atoms with E-state index in [1.807, 2.05) is 20.8 Å². The Morgan fingerprint density at radius 3 is 2.13 bits per heavy atom. The van der Waals surface area contributed by atoms with E-state index in [1.54, 1.807) is 0 Å². The lowest BCUT2D eigenvalue weighted by Gasteiger charge is -2.10. The summed E-state index contributed by atoms with van der Waals surface area (Å²) < 4.78 is 0. The molecule has 0 aromatic heterocycles. The standard InChI is InChI=1S/C13H24O2/c1-5-6-7-13(15)11(4)9-12(14)8-10(2)3/h10-11H,5-9H2,1-4H3. The molecule has 0 N–H and O–H groups in total. The summed E-state index contributed by atoms with van der Waals surface area (Å²) in [5.41, 5.74) is 0. The van der Waals surface area contributed by atoms with Crippen LogP contribution in [0, 0.1) is 11.8 Å². The van der Waals surface area contributed by atoms with Crippen LogP contribution in [-0.2, 0) is 9.59 Å². The van der Waals surface area contributed by atoms with Gasteiger partial charge in [-0.05, 0) is 12.3 Å². The second kappa shape index (κ2) is 7.61.